The zero-order chi connectivity index (χ0) is 26.7. The first kappa shape index (κ1) is 28.7. The normalized spacial score (nSPS) is 13.4. The molecule has 0 aliphatic rings. The Morgan fingerprint density at radius 3 is 2.42 bits per heavy atom. The van der Waals surface area contributed by atoms with Gasteiger partial charge >= 0.3 is 11.9 Å². The number of nitrogens with two attached hydrogens (primary N) is 1. The summed E-state index contributed by atoms with van der Waals surface area (Å²) in [6, 6.07) is 4.13. The average molecular weight is 522 g/mol. The smallest absolute Gasteiger partial charge is 0.326 e. The number of aromatic amines is 1. The Hall–Kier alpha value is -3.58. The fraction of sp³-hybridized carbons (Fsp3) is 0.435. The Kier molecular flexibility index (Phi) is 11.2. The van der Waals surface area contributed by atoms with E-state index in [0.717, 1.165) is 16.5 Å². The van der Waals surface area contributed by atoms with Crippen LogP contribution in [0.1, 0.15) is 24.8 Å². The largest absolute Gasteiger partial charge is 0.481 e. The second-order valence-electron chi connectivity index (χ2n) is 8.12. The van der Waals surface area contributed by atoms with Gasteiger partial charge in [-0.25, -0.2) is 4.79 Å². The Morgan fingerprint density at radius 2 is 1.75 bits per heavy atom. The Morgan fingerprint density at radius 1 is 1.03 bits per heavy atom. The maximum Gasteiger partial charge on any atom is 0.326 e. The number of carbonyl (C=O) groups excluding carboxylic acids is 3. The molecule has 1 aromatic heterocycles. The summed E-state index contributed by atoms with van der Waals surface area (Å²) in [5, 5.41) is 26.2. The van der Waals surface area contributed by atoms with Crippen LogP contribution in [0.2, 0.25) is 0 Å². The molecule has 3 atom stereocenters. The quantitative estimate of drug-likeness (QED) is 0.166. The van der Waals surface area contributed by atoms with E-state index in [1.165, 1.54) is 11.8 Å². The molecule has 8 N–H and O–H groups in total. The molecule has 1 aromatic carbocycles. The second kappa shape index (κ2) is 14.1. The van der Waals surface area contributed by atoms with Crippen molar-refractivity contribution in [2.45, 2.75) is 43.8 Å². The predicted molar refractivity (Wildman–Crippen MR) is 134 cm³/mol. The minimum Gasteiger partial charge on any atom is -0.481 e. The number of hydrogen-bond donors (Lipinski definition) is 7. The van der Waals surface area contributed by atoms with Gasteiger partial charge in [0.15, 0.2) is 0 Å². The molecule has 36 heavy (non-hydrogen) atoms. The Bertz CT molecular complexity index is 1090. The summed E-state index contributed by atoms with van der Waals surface area (Å²) in [5.41, 5.74) is 7.75. The van der Waals surface area contributed by atoms with E-state index in [-0.39, 0.29) is 19.3 Å². The molecule has 0 spiro atoms. The summed E-state index contributed by atoms with van der Waals surface area (Å²) in [6.45, 7) is -0.539. The second-order valence-corrected chi connectivity index (χ2v) is 9.11. The van der Waals surface area contributed by atoms with Crippen molar-refractivity contribution in [1.29, 1.82) is 0 Å². The van der Waals surface area contributed by atoms with Crippen LogP contribution < -0.4 is 21.7 Å². The number of aliphatic carboxylic acids is 2. The average Bonchev–Trinajstić information content (AvgIpc) is 3.25. The van der Waals surface area contributed by atoms with Crippen molar-refractivity contribution in [3.05, 3.63) is 36.0 Å². The van der Waals surface area contributed by atoms with Crippen LogP contribution >= 0.6 is 11.8 Å². The molecular weight excluding hydrogens is 490 g/mol. The van der Waals surface area contributed by atoms with Crippen LogP contribution in [0, 0.1) is 0 Å². The van der Waals surface area contributed by atoms with Crippen LogP contribution in [0.25, 0.3) is 10.9 Å². The van der Waals surface area contributed by atoms with Crippen molar-refractivity contribution >= 4 is 52.3 Å². The summed E-state index contributed by atoms with van der Waals surface area (Å²) in [6.07, 6.45) is 3.31. The maximum absolute atomic E-state index is 12.7. The first-order valence-electron chi connectivity index (χ1n) is 11.2. The molecule has 12 nitrogen and oxygen atoms in total. The van der Waals surface area contributed by atoms with Gasteiger partial charge in [-0.15, -0.1) is 0 Å². The van der Waals surface area contributed by atoms with E-state index in [2.05, 4.69) is 20.9 Å². The summed E-state index contributed by atoms with van der Waals surface area (Å²) in [4.78, 5) is 62.9. The molecule has 1 heterocycles. The van der Waals surface area contributed by atoms with Crippen molar-refractivity contribution < 1.29 is 34.2 Å². The molecule has 0 aliphatic heterocycles. The number of fused-ring (bicyclic) bond motifs is 1. The molecule has 2 aromatic rings. The third-order valence-corrected chi connectivity index (χ3v) is 6.04. The predicted octanol–water partition coefficient (Wildman–Crippen LogP) is -0.174. The maximum atomic E-state index is 12.7. The molecule has 3 unspecified atom stereocenters. The van der Waals surface area contributed by atoms with E-state index < -0.39 is 60.8 Å². The molecule has 2 rings (SSSR count). The van der Waals surface area contributed by atoms with Crippen LogP contribution in [-0.4, -0.2) is 81.5 Å². The number of carboxylic acids is 2. The molecule has 0 radical (unpaired) electrons. The Labute approximate surface area is 211 Å². The highest BCUT2D eigenvalue weighted by Gasteiger charge is 2.26. The van der Waals surface area contributed by atoms with Crippen LogP contribution in [-0.2, 0) is 30.4 Å². The Balaban J connectivity index is 1.97. The highest BCUT2D eigenvalue weighted by atomic mass is 32.2. The number of carbonyl (C=O) groups is 5. The molecule has 0 bridgehead atoms. The van der Waals surface area contributed by atoms with E-state index >= 15 is 0 Å². The van der Waals surface area contributed by atoms with Gasteiger partial charge < -0.3 is 36.9 Å². The van der Waals surface area contributed by atoms with Crippen LogP contribution in [0.4, 0.5) is 0 Å². The molecule has 0 saturated heterocycles. The van der Waals surface area contributed by atoms with Gasteiger partial charge in [0.25, 0.3) is 0 Å². The van der Waals surface area contributed by atoms with Gasteiger partial charge in [0.05, 0.1) is 12.6 Å². The number of carboxylic acid groups (broad SMARTS) is 2. The van der Waals surface area contributed by atoms with Crippen LogP contribution in [0.3, 0.4) is 0 Å². The van der Waals surface area contributed by atoms with Gasteiger partial charge in [-0.05, 0) is 42.9 Å². The number of amides is 3. The summed E-state index contributed by atoms with van der Waals surface area (Å²) in [7, 11) is 0. The number of H-pyrrole nitrogens is 1. The van der Waals surface area contributed by atoms with Gasteiger partial charge in [-0.2, -0.15) is 11.8 Å². The first-order chi connectivity index (χ1) is 17.1. The lowest BCUT2D eigenvalue weighted by molar-refractivity contribution is -0.141. The molecule has 0 saturated carbocycles. The number of thioether (sulfide) groups is 1. The van der Waals surface area contributed by atoms with Crippen LogP contribution in [0.5, 0.6) is 0 Å². The van der Waals surface area contributed by atoms with Crippen molar-refractivity contribution in [3.8, 4) is 0 Å². The van der Waals surface area contributed by atoms with E-state index in [9.17, 15) is 29.1 Å². The van der Waals surface area contributed by atoms with Gasteiger partial charge in [0.1, 0.15) is 12.1 Å². The van der Waals surface area contributed by atoms with Crippen molar-refractivity contribution in [1.82, 2.24) is 20.9 Å². The van der Waals surface area contributed by atoms with Gasteiger partial charge in [0, 0.05) is 23.5 Å². The lowest BCUT2D eigenvalue weighted by atomic mass is 10.0. The monoisotopic (exact) mass is 521 g/mol. The number of aromatic nitrogens is 1. The number of hydrogen-bond acceptors (Lipinski definition) is 7. The lowest BCUT2D eigenvalue weighted by Gasteiger charge is -2.20. The SMILES string of the molecule is CSCCC(NC(=O)CNC(=O)C(CCC(=O)O)NC(=O)C(N)Cc1c[nH]c2ccccc12)C(=O)O. The van der Waals surface area contributed by atoms with E-state index in [0.29, 0.717) is 5.75 Å². The van der Waals surface area contributed by atoms with Crippen molar-refractivity contribution in [2.75, 3.05) is 18.6 Å². The van der Waals surface area contributed by atoms with Gasteiger partial charge in [-0.1, -0.05) is 18.2 Å². The fourth-order valence-corrected chi connectivity index (χ4v) is 3.95. The zero-order valence-electron chi connectivity index (χ0n) is 19.8. The number of para-hydroxylation sites is 1. The standard InChI is InChI=1S/C23H31N5O7S/c1-36-9-8-18(23(34)35)27-19(29)12-26-22(33)17(6-7-20(30)31)28-21(32)15(24)10-13-11-25-16-5-3-2-4-14(13)16/h2-5,11,15,17-18,25H,6-10,12,24H2,1H3,(H,26,33)(H,27,29)(H,28,32)(H,30,31)(H,34,35). The number of benzene rings is 1. The lowest BCUT2D eigenvalue weighted by Crippen LogP contribution is -2.54. The van der Waals surface area contributed by atoms with E-state index in [1.54, 1.807) is 12.5 Å². The highest BCUT2D eigenvalue weighted by molar-refractivity contribution is 7.98. The number of nitrogens with one attached hydrogen (secondary N) is 4. The molecule has 196 valence electrons. The number of rotatable bonds is 15. The molecule has 0 fully saturated rings. The minimum absolute atomic E-state index is 0.179. The molecular formula is C23H31N5O7S. The zero-order valence-corrected chi connectivity index (χ0v) is 20.6. The first-order valence-corrected chi connectivity index (χ1v) is 12.6. The van der Waals surface area contributed by atoms with Crippen molar-refractivity contribution in [2.24, 2.45) is 5.73 Å². The summed E-state index contributed by atoms with van der Waals surface area (Å²) in [5.74, 6) is -4.00. The van der Waals surface area contributed by atoms with Gasteiger partial charge in [0.2, 0.25) is 17.7 Å². The van der Waals surface area contributed by atoms with E-state index in [4.69, 9.17) is 10.8 Å². The summed E-state index contributed by atoms with van der Waals surface area (Å²) >= 11 is 1.43. The van der Waals surface area contributed by atoms with E-state index in [1.807, 2.05) is 24.3 Å². The molecule has 3 amide bonds. The van der Waals surface area contributed by atoms with Crippen molar-refractivity contribution in [3.63, 3.8) is 0 Å². The minimum atomic E-state index is -1.25. The summed E-state index contributed by atoms with van der Waals surface area (Å²) < 4.78 is 0. The van der Waals surface area contributed by atoms with Crippen LogP contribution in [0.15, 0.2) is 30.5 Å². The highest BCUT2D eigenvalue weighted by Crippen LogP contribution is 2.18. The molecule has 0 aliphatic carbocycles. The van der Waals surface area contributed by atoms with Gasteiger partial charge in [-0.3, -0.25) is 19.2 Å². The topological polar surface area (TPSA) is 204 Å². The fourth-order valence-electron chi connectivity index (χ4n) is 3.47. The third-order valence-electron chi connectivity index (χ3n) is 5.40. The third kappa shape index (κ3) is 8.89. The molecule has 13 heteroatoms.